The Hall–Kier alpha value is -0.930. The summed E-state index contributed by atoms with van der Waals surface area (Å²) in [5, 5.41) is 0. The molecule has 0 atom stereocenters. The van der Waals surface area contributed by atoms with Gasteiger partial charge in [-0.2, -0.15) is 12.6 Å². The summed E-state index contributed by atoms with van der Waals surface area (Å²) in [6, 6.07) is 8.51. The Morgan fingerprint density at radius 2 is 1.95 bits per heavy atom. The van der Waals surface area contributed by atoms with E-state index in [1.54, 1.807) is 10.4 Å². The van der Waals surface area contributed by atoms with Crippen LogP contribution in [0.4, 0.5) is 0 Å². The Labute approximate surface area is 143 Å². The molecule has 0 saturated carbocycles. The zero-order chi connectivity index (χ0) is 15.7. The van der Waals surface area contributed by atoms with Crippen LogP contribution in [0, 0.1) is 12.3 Å². The van der Waals surface area contributed by atoms with Crippen LogP contribution in [0.1, 0.15) is 36.3 Å². The van der Waals surface area contributed by atoms with Gasteiger partial charge in [0.1, 0.15) is 5.75 Å². The predicted molar refractivity (Wildman–Crippen MR) is 99.6 cm³/mol. The molecule has 0 spiro atoms. The minimum Gasteiger partial charge on any atom is -0.493 e. The molecule has 0 aliphatic heterocycles. The van der Waals surface area contributed by atoms with Gasteiger partial charge in [-0.05, 0) is 72.6 Å². The zero-order valence-corrected chi connectivity index (χ0v) is 15.3. The van der Waals surface area contributed by atoms with Gasteiger partial charge >= 0.3 is 0 Å². The van der Waals surface area contributed by atoms with Gasteiger partial charge in [0.2, 0.25) is 0 Å². The highest BCUT2D eigenvalue weighted by molar-refractivity contribution is 7.80. The Bertz CT molecular complexity index is 653. The van der Waals surface area contributed by atoms with E-state index in [0.717, 1.165) is 11.5 Å². The molecule has 1 aromatic heterocycles. The monoisotopic (exact) mass is 332 g/mol. The van der Waals surface area contributed by atoms with Gasteiger partial charge in [0.15, 0.2) is 0 Å². The molecular weight excluding hydrogens is 308 g/mol. The quantitative estimate of drug-likeness (QED) is 0.723. The van der Waals surface area contributed by atoms with Crippen LogP contribution < -0.4 is 4.74 Å². The number of fused-ring (bicyclic) bond motifs is 1. The summed E-state index contributed by atoms with van der Waals surface area (Å²) in [6.45, 7) is 7.72. The summed E-state index contributed by atoms with van der Waals surface area (Å²) in [5.41, 5.74) is 4.84. The summed E-state index contributed by atoms with van der Waals surface area (Å²) in [7, 11) is 0. The minimum absolute atomic E-state index is 0.445. The first kappa shape index (κ1) is 15.9. The third kappa shape index (κ3) is 3.21. The molecule has 118 valence electrons. The highest BCUT2D eigenvalue weighted by Gasteiger charge is 2.29. The Morgan fingerprint density at radius 3 is 2.64 bits per heavy atom. The lowest BCUT2D eigenvalue weighted by atomic mass is 9.76. The molecule has 0 fully saturated rings. The minimum atomic E-state index is 0.445. The molecule has 0 saturated heterocycles. The van der Waals surface area contributed by atoms with Crippen molar-refractivity contribution in [3.8, 4) is 16.2 Å². The first-order valence-electron chi connectivity index (χ1n) is 7.95. The van der Waals surface area contributed by atoms with Crippen molar-refractivity contribution in [2.45, 2.75) is 40.0 Å². The van der Waals surface area contributed by atoms with Gasteiger partial charge in [0.25, 0.3) is 0 Å². The van der Waals surface area contributed by atoms with Gasteiger partial charge in [-0.25, -0.2) is 0 Å². The lowest BCUT2D eigenvalue weighted by Gasteiger charge is -2.29. The largest absolute Gasteiger partial charge is 0.493 e. The molecule has 0 bridgehead atoms. The number of aryl methyl sites for hydroxylation is 1. The lowest BCUT2D eigenvalue weighted by Crippen LogP contribution is -2.21. The van der Waals surface area contributed by atoms with E-state index in [9.17, 15) is 0 Å². The van der Waals surface area contributed by atoms with E-state index in [4.69, 9.17) is 4.74 Å². The maximum atomic E-state index is 5.61. The maximum absolute atomic E-state index is 5.61. The van der Waals surface area contributed by atoms with E-state index in [-0.39, 0.29) is 0 Å². The van der Waals surface area contributed by atoms with Crippen LogP contribution in [0.2, 0.25) is 0 Å². The number of hydrogen-bond donors (Lipinski definition) is 1. The smallest absolute Gasteiger partial charge is 0.119 e. The number of thiophene rings is 1. The third-order valence-corrected chi connectivity index (χ3v) is 6.14. The van der Waals surface area contributed by atoms with Gasteiger partial charge in [0, 0.05) is 15.5 Å². The first-order chi connectivity index (χ1) is 10.5. The van der Waals surface area contributed by atoms with E-state index in [2.05, 4.69) is 57.7 Å². The van der Waals surface area contributed by atoms with Crippen LogP contribution >= 0.6 is 24.0 Å². The lowest BCUT2D eigenvalue weighted by molar-refractivity contribution is 0.317. The van der Waals surface area contributed by atoms with Gasteiger partial charge in [-0.1, -0.05) is 13.8 Å². The van der Waals surface area contributed by atoms with Crippen LogP contribution in [0.15, 0.2) is 24.3 Å². The Kier molecular flexibility index (Phi) is 4.56. The van der Waals surface area contributed by atoms with Crippen molar-refractivity contribution in [2.75, 3.05) is 12.4 Å². The zero-order valence-electron chi connectivity index (χ0n) is 13.6. The van der Waals surface area contributed by atoms with Crippen molar-refractivity contribution < 1.29 is 4.74 Å². The molecule has 1 heterocycles. The van der Waals surface area contributed by atoms with Crippen LogP contribution in [0.5, 0.6) is 5.75 Å². The fourth-order valence-corrected chi connectivity index (χ4v) is 4.62. The van der Waals surface area contributed by atoms with E-state index >= 15 is 0 Å². The average molecular weight is 333 g/mol. The summed E-state index contributed by atoms with van der Waals surface area (Å²) >= 11 is 6.16. The van der Waals surface area contributed by atoms with Gasteiger partial charge in [0.05, 0.1) is 6.61 Å². The second-order valence-electron chi connectivity index (χ2n) is 6.90. The standard InChI is InChI=1S/C19H24OS2/c1-13-16-12-19(2,3)9-8-17(16)22-18(13)14-4-6-15(7-5-14)20-10-11-21/h4-7,21H,8-12H2,1-3H3. The predicted octanol–water partition coefficient (Wildman–Crippen LogP) is 5.55. The van der Waals surface area contributed by atoms with Crippen molar-refractivity contribution >= 4 is 24.0 Å². The number of rotatable bonds is 4. The average Bonchev–Trinajstić information content (AvgIpc) is 2.81. The van der Waals surface area contributed by atoms with Crippen molar-refractivity contribution in [1.82, 2.24) is 0 Å². The highest BCUT2D eigenvalue weighted by atomic mass is 32.1. The van der Waals surface area contributed by atoms with Crippen molar-refractivity contribution in [1.29, 1.82) is 0 Å². The fraction of sp³-hybridized carbons (Fsp3) is 0.474. The normalized spacial score (nSPS) is 16.4. The number of ether oxygens (including phenoxy) is 1. The van der Waals surface area contributed by atoms with Crippen LogP contribution in [0.3, 0.4) is 0 Å². The van der Waals surface area contributed by atoms with Crippen LogP contribution in [-0.2, 0) is 12.8 Å². The first-order valence-corrected chi connectivity index (χ1v) is 9.40. The summed E-state index contributed by atoms with van der Waals surface area (Å²) in [6.07, 6.45) is 3.75. The van der Waals surface area contributed by atoms with E-state index < -0.39 is 0 Å². The molecule has 3 heteroatoms. The molecular formula is C19H24OS2. The molecule has 0 amide bonds. The fourth-order valence-electron chi connectivity index (χ4n) is 3.20. The van der Waals surface area contributed by atoms with E-state index in [1.165, 1.54) is 35.3 Å². The molecule has 1 aromatic carbocycles. The van der Waals surface area contributed by atoms with Crippen LogP contribution in [0.25, 0.3) is 10.4 Å². The SMILES string of the molecule is Cc1c(-c2ccc(OCCS)cc2)sc2c1CC(C)(C)CC2. The van der Waals surface area contributed by atoms with Crippen molar-refractivity contribution in [3.05, 3.63) is 40.3 Å². The van der Waals surface area contributed by atoms with Crippen LogP contribution in [-0.4, -0.2) is 12.4 Å². The molecule has 2 aromatic rings. The Morgan fingerprint density at radius 1 is 1.23 bits per heavy atom. The summed E-state index contributed by atoms with van der Waals surface area (Å²) < 4.78 is 5.61. The molecule has 0 radical (unpaired) electrons. The number of benzene rings is 1. The molecule has 1 nitrogen and oxygen atoms in total. The summed E-state index contributed by atoms with van der Waals surface area (Å²) in [5.74, 6) is 1.67. The van der Waals surface area contributed by atoms with Gasteiger partial charge in [-0.3, -0.25) is 0 Å². The molecule has 3 rings (SSSR count). The molecule has 1 aliphatic carbocycles. The van der Waals surface area contributed by atoms with Gasteiger partial charge < -0.3 is 4.74 Å². The number of thiol groups is 1. The second kappa shape index (κ2) is 6.29. The topological polar surface area (TPSA) is 9.23 Å². The van der Waals surface area contributed by atoms with E-state index in [1.807, 2.05) is 11.3 Å². The number of hydrogen-bond acceptors (Lipinski definition) is 3. The van der Waals surface area contributed by atoms with Gasteiger partial charge in [-0.15, -0.1) is 11.3 Å². The highest BCUT2D eigenvalue weighted by Crippen LogP contribution is 2.44. The maximum Gasteiger partial charge on any atom is 0.119 e. The molecule has 0 N–H and O–H groups in total. The van der Waals surface area contributed by atoms with E-state index in [0.29, 0.717) is 12.0 Å². The molecule has 0 unspecified atom stereocenters. The third-order valence-electron chi connectivity index (χ3n) is 4.52. The second-order valence-corrected chi connectivity index (χ2v) is 8.45. The molecule has 1 aliphatic rings. The summed E-state index contributed by atoms with van der Waals surface area (Å²) in [4.78, 5) is 3.03. The molecule has 22 heavy (non-hydrogen) atoms. The van der Waals surface area contributed by atoms with Crippen molar-refractivity contribution in [3.63, 3.8) is 0 Å². The Balaban J connectivity index is 1.88. The van der Waals surface area contributed by atoms with Crippen molar-refractivity contribution in [2.24, 2.45) is 5.41 Å².